The van der Waals surface area contributed by atoms with Gasteiger partial charge in [0.2, 0.25) is 0 Å². The monoisotopic (exact) mass is 677 g/mol. The van der Waals surface area contributed by atoms with Crippen LogP contribution >= 0.6 is 11.6 Å². The molecule has 4 atom stereocenters. The molecule has 0 unspecified atom stereocenters. The molecule has 11 heteroatoms. The molecule has 0 N–H and O–H groups in total. The topological polar surface area (TPSA) is 101 Å². The van der Waals surface area contributed by atoms with Crippen molar-refractivity contribution in [2.45, 2.75) is 56.5 Å². The van der Waals surface area contributed by atoms with Gasteiger partial charge >= 0.3 is 6.01 Å². The summed E-state index contributed by atoms with van der Waals surface area (Å²) in [5.74, 6) is 0.794. The highest BCUT2D eigenvalue weighted by molar-refractivity contribution is 6.36. The molecule has 4 aliphatic heterocycles. The molecule has 49 heavy (non-hydrogen) atoms. The second kappa shape index (κ2) is 13.5. The van der Waals surface area contributed by atoms with Crippen molar-refractivity contribution in [2.24, 2.45) is 0 Å². The summed E-state index contributed by atoms with van der Waals surface area (Å²) in [5.41, 5.74) is 4.11. The van der Waals surface area contributed by atoms with Gasteiger partial charge in [0.15, 0.2) is 6.10 Å². The molecule has 4 aromatic rings. The summed E-state index contributed by atoms with van der Waals surface area (Å²) in [6, 6.07) is 24.9. The average molecular weight is 678 g/mol. The Morgan fingerprint density at radius 2 is 1.84 bits per heavy atom. The van der Waals surface area contributed by atoms with E-state index in [2.05, 4.69) is 52.1 Å². The Balaban J connectivity index is 1.07. The van der Waals surface area contributed by atoms with Crippen molar-refractivity contribution >= 4 is 39.8 Å². The number of epoxide rings is 1. The number of likely N-dealkylation sites (N-methyl/N-ethyl adjacent to an activating group) is 1. The molecule has 0 aliphatic carbocycles. The van der Waals surface area contributed by atoms with Crippen LogP contribution < -0.4 is 14.5 Å². The molecule has 8 rings (SSSR count). The van der Waals surface area contributed by atoms with Crippen LogP contribution in [0.5, 0.6) is 6.01 Å². The lowest BCUT2D eigenvalue weighted by Gasteiger charge is -2.42. The van der Waals surface area contributed by atoms with Gasteiger partial charge in [-0.05, 0) is 55.9 Å². The summed E-state index contributed by atoms with van der Waals surface area (Å²) in [7, 11) is 2.14. The van der Waals surface area contributed by atoms with Crippen LogP contribution in [0.25, 0.3) is 10.8 Å². The van der Waals surface area contributed by atoms with Crippen molar-refractivity contribution in [1.82, 2.24) is 19.8 Å². The van der Waals surface area contributed by atoms with E-state index >= 15 is 0 Å². The van der Waals surface area contributed by atoms with E-state index in [1.54, 1.807) is 0 Å². The fourth-order valence-electron chi connectivity index (χ4n) is 7.80. The Kier molecular flexibility index (Phi) is 8.74. The fourth-order valence-corrected chi connectivity index (χ4v) is 8.08. The van der Waals surface area contributed by atoms with E-state index in [1.165, 1.54) is 0 Å². The van der Waals surface area contributed by atoms with E-state index in [0.717, 1.165) is 76.5 Å². The number of hydrogen-bond acceptors (Lipinski definition) is 9. The van der Waals surface area contributed by atoms with Gasteiger partial charge < -0.3 is 29.1 Å². The maximum atomic E-state index is 13.7. The number of aromatic nitrogens is 2. The zero-order valence-corrected chi connectivity index (χ0v) is 28.4. The van der Waals surface area contributed by atoms with E-state index in [4.69, 9.17) is 31.0 Å². The summed E-state index contributed by atoms with van der Waals surface area (Å²) in [6.07, 6.45) is 2.47. The van der Waals surface area contributed by atoms with Crippen molar-refractivity contribution in [3.05, 3.63) is 88.6 Å². The highest BCUT2D eigenvalue weighted by Gasteiger charge is 2.49. The first-order valence-electron chi connectivity index (χ1n) is 17.3. The summed E-state index contributed by atoms with van der Waals surface area (Å²) in [5, 5.41) is 12.7. The van der Waals surface area contributed by atoms with Crippen LogP contribution in [0.4, 0.5) is 11.5 Å². The maximum Gasteiger partial charge on any atom is 0.318 e. The molecule has 252 valence electrons. The average Bonchev–Trinajstić information content (AvgIpc) is 3.83. The Morgan fingerprint density at radius 1 is 1.00 bits per heavy atom. The smallest absolute Gasteiger partial charge is 0.318 e. The molecule has 3 saturated heterocycles. The number of ether oxygens (including phenoxy) is 2. The maximum absolute atomic E-state index is 13.7. The summed E-state index contributed by atoms with van der Waals surface area (Å²) in [6.45, 7) is 4.53. The van der Waals surface area contributed by atoms with Gasteiger partial charge in [-0.1, -0.05) is 66.2 Å². The number of halogens is 1. The van der Waals surface area contributed by atoms with E-state index in [0.29, 0.717) is 44.8 Å². The Labute approximate surface area is 291 Å². The highest BCUT2D eigenvalue weighted by atomic mass is 35.5. The molecule has 4 aliphatic rings. The van der Waals surface area contributed by atoms with Crippen LogP contribution in [0, 0.1) is 11.3 Å². The van der Waals surface area contributed by atoms with Crippen molar-refractivity contribution < 1.29 is 14.3 Å². The van der Waals surface area contributed by atoms with E-state index < -0.39 is 6.10 Å². The molecule has 1 aromatic heterocycles. The molecular weight excluding hydrogens is 638 g/mol. The summed E-state index contributed by atoms with van der Waals surface area (Å²) < 4.78 is 12.2. The van der Waals surface area contributed by atoms with Gasteiger partial charge in [0, 0.05) is 48.9 Å². The van der Waals surface area contributed by atoms with Crippen LogP contribution in [0.1, 0.15) is 42.2 Å². The molecule has 3 aromatic carbocycles. The molecule has 0 saturated carbocycles. The molecule has 10 nitrogen and oxygen atoms in total. The Hall–Kier alpha value is -4.43. The second-order valence-electron chi connectivity index (χ2n) is 13.5. The number of amides is 1. The lowest BCUT2D eigenvalue weighted by atomic mass is 10.0. The molecule has 0 bridgehead atoms. The molecule has 5 heterocycles. The zero-order chi connectivity index (χ0) is 33.5. The minimum atomic E-state index is -0.510. The number of carbonyl (C=O) groups is 1. The van der Waals surface area contributed by atoms with E-state index in [9.17, 15) is 10.1 Å². The van der Waals surface area contributed by atoms with Crippen LogP contribution in [0.15, 0.2) is 66.7 Å². The predicted molar refractivity (Wildman–Crippen MR) is 189 cm³/mol. The summed E-state index contributed by atoms with van der Waals surface area (Å²) in [4.78, 5) is 32.5. The number of rotatable bonds is 8. The lowest BCUT2D eigenvalue weighted by molar-refractivity contribution is -0.135. The van der Waals surface area contributed by atoms with Gasteiger partial charge in [0.1, 0.15) is 18.5 Å². The van der Waals surface area contributed by atoms with Gasteiger partial charge in [-0.2, -0.15) is 15.2 Å². The summed E-state index contributed by atoms with van der Waals surface area (Å²) >= 11 is 6.74. The third kappa shape index (κ3) is 6.27. The van der Waals surface area contributed by atoms with Gasteiger partial charge in [-0.3, -0.25) is 4.79 Å². The zero-order valence-electron chi connectivity index (χ0n) is 27.7. The number of likely N-dealkylation sites (tertiary alicyclic amines) is 1. The van der Waals surface area contributed by atoms with Gasteiger partial charge in [0.05, 0.1) is 35.8 Å². The van der Waals surface area contributed by atoms with Crippen molar-refractivity contribution in [3.63, 3.8) is 0 Å². The molecule has 3 fully saturated rings. The Morgan fingerprint density at radius 3 is 2.63 bits per heavy atom. The van der Waals surface area contributed by atoms with Crippen LogP contribution in [-0.4, -0.2) is 90.2 Å². The number of hydrogen-bond donors (Lipinski definition) is 0. The van der Waals surface area contributed by atoms with Crippen molar-refractivity contribution in [2.75, 3.05) is 56.2 Å². The molecular formula is C38H40ClN7O3. The largest absolute Gasteiger partial charge is 0.462 e. The predicted octanol–water partition coefficient (Wildman–Crippen LogP) is 5.39. The third-order valence-electron chi connectivity index (χ3n) is 10.5. The van der Waals surface area contributed by atoms with Crippen molar-refractivity contribution in [3.8, 4) is 12.1 Å². The minimum Gasteiger partial charge on any atom is -0.462 e. The molecule has 1 amide bonds. The first kappa shape index (κ1) is 31.8. The van der Waals surface area contributed by atoms with Crippen LogP contribution in [-0.2, 0) is 22.5 Å². The number of anilines is 2. The quantitative estimate of drug-likeness (QED) is 0.227. The first-order valence-corrected chi connectivity index (χ1v) is 17.6. The third-order valence-corrected chi connectivity index (χ3v) is 10.8. The SMILES string of the molecule is CN1CCC[C@H]1COc1nc2c(c(N3CCN(C(=O)[C@H]4O[C@@H]4c4ccccc4)[C@@H](CC#N)C3)n1)CCN(c1cccc3cccc(Cl)c13)C2. The van der Waals surface area contributed by atoms with Gasteiger partial charge in [-0.25, -0.2) is 0 Å². The number of fused-ring (bicyclic) bond motifs is 2. The fraction of sp³-hybridized carbons (Fsp3) is 0.421. The Bertz CT molecular complexity index is 1900. The lowest BCUT2D eigenvalue weighted by Crippen LogP contribution is -2.56. The van der Waals surface area contributed by atoms with Crippen LogP contribution in [0.3, 0.4) is 0 Å². The highest BCUT2D eigenvalue weighted by Crippen LogP contribution is 2.41. The van der Waals surface area contributed by atoms with Gasteiger partial charge in [0.25, 0.3) is 5.91 Å². The van der Waals surface area contributed by atoms with Gasteiger partial charge in [-0.15, -0.1) is 0 Å². The number of nitrogens with zero attached hydrogens (tertiary/aromatic N) is 7. The number of benzene rings is 3. The minimum absolute atomic E-state index is 0.0486. The van der Waals surface area contributed by atoms with E-state index in [-0.39, 0.29) is 24.5 Å². The second-order valence-corrected chi connectivity index (χ2v) is 13.9. The molecule has 0 spiro atoms. The standard InChI is InChI=1S/C38H40ClN7O3/c1-43-18-7-12-28(43)24-48-38-41-31-23-44(32-14-6-11-25-10-5-13-30(39)33(25)32)19-16-29(31)36(42-38)45-20-21-46(27(22-45)15-17-40)37(47)35-34(49-35)26-8-3-2-4-9-26/h2-6,8-11,13-14,27-28,34-35H,7,12,15-16,18-24H2,1H3/t27-,28-,34+,35-/m0/s1. The van der Waals surface area contributed by atoms with Crippen LogP contribution in [0.2, 0.25) is 5.02 Å². The number of carbonyl (C=O) groups excluding carboxylic acids is 1. The van der Waals surface area contributed by atoms with E-state index in [1.807, 2.05) is 47.4 Å². The normalized spacial score (nSPS) is 23.7. The molecule has 0 radical (unpaired) electrons. The number of piperazine rings is 1. The van der Waals surface area contributed by atoms with Crippen molar-refractivity contribution in [1.29, 1.82) is 5.26 Å². The first-order chi connectivity index (χ1) is 24.0. The number of nitriles is 1.